The Hall–Kier alpha value is -1.76. The Bertz CT molecular complexity index is 652. The van der Waals surface area contributed by atoms with Crippen molar-refractivity contribution in [1.29, 1.82) is 5.26 Å². The maximum atomic E-state index is 12.9. The fraction of sp³-hybridized carbons (Fsp3) is 0.0714. The predicted octanol–water partition coefficient (Wildman–Crippen LogP) is 4.58. The van der Waals surface area contributed by atoms with Crippen LogP contribution in [0.1, 0.15) is 11.1 Å². The second-order valence-electron chi connectivity index (χ2n) is 3.78. The summed E-state index contributed by atoms with van der Waals surface area (Å²) in [6.07, 6.45) is 0. The number of hydrogen-bond donors (Lipinski definition) is 0. The average Bonchev–Trinajstić information content (AvgIpc) is 2.39. The number of benzene rings is 2. The van der Waals surface area contributed by atoms with Gasteiger partial charge in [-0.2, -0.15) is 5.26 Å². The molecule has 19 heavy (non-hydrogen) atoms. The lowest BCUT2D eigenvalue weighted by atomic mass is 10.2. The Morgan fingerprint density at radius 3 is 2.63 bits per heavy atom. The minimum absolute atomic E-state index is 0.148. The molecule has 0 aliphatic heterocycles. The first kappa shape index (κ1) is 13.7. The van der Waals surface area contributed by atoms with Crippen LogP contribution in [0.3, 0.4) is 0 Å². The SMILES string of the molecule is N#Cc1cc(Cl)ccc1OCc1ccc(F)cc1Cl. The molecule has 2 aromatic rings. The van der Waals surface area contributed by atoms with Crippen LogP contribution in [0.5, 0.6) is 5.75 Å². The van der Waals surface area contributed by atoms with E-state index in [1.54, 1.807) is 18.2 Å². The lowest BCUT2D eigenvalue weighted by molar-refractivity contribution is 0.305. The summed E-state index contributed by atoms with van der Waals surface area (Å²) in [7, 11) is 0. The molecule has 0 aliphatic rings. The second kappa shape index (κ2) is 5.92. The molecule has 0 saturated carbocycles. The number of halogens is 3. The van der Waals surface area contributed by atoms with Gasteiger partial charge in [-0.25, -0.2) is 4.39 Å². The third kappa shape index (κ3) is 3.37. The highest BCUT2D eigenvalue weighted by Gasteiger charge is 2.07. The molecule has 0 aliphatic carbocycles. The van der Waals surface area contributed by atoms with E-state index in [9.17, 15) is 4.39 Å². The van der Waals surface area contributed by atoms with Gasteiger partial charge in [-0.05, 0) is 30.3 Å². The van der Waals surface area contributed by atoms with Gasteiger partial charge < -0.3 is 4.74 Å². The van der Waals surface area contributed by atoms with Crippen LogP contribution in [0.4, 0.5) is 4.39 Å². The van der Waals surface area contributed by atoms with Gasteiger partial charge in [0.05, 0.1) is 10.6 Å². The second-order valence-corrected chi connectivity index (χ2v) is 4.62. The van der Waals surface area contributed by atoms with Crippen LogP contribution in [-0.4, -0.2) is 0 Å². The van der Waals surface area contributed by atoms with E-state index < -0.39 is 5.82 Å². The van der Waals surface area contributed by atoms with Gasteiger partial charge in [0.1, 0.15) is 24.2 Å². The Kier molecular flexibility index (Phi) is 4.26. The maximum Gasteiger partial charge on any atom is 0.137 e. The van der Waals surface area contributed by atoms with Gasteiger partial charge in [0.2, 0.25) is 0 Å². The molecule has 2 aromatic carbocycles. The van der Waals surface area contributed by atoms with Crippen molar-refractivity contribution in [2.45, 2.75) is 6.61 Å². The topological polar surface area (TPSA) is 33.0 Å². The fourth-order valence-electron chi connectivity index (χ4n) is 1.51. The molecule has 0 atom stereocenters. The molecule has 0 aromatic heterocycles. The highest BCUT2D eigenvalue weighted by atomic mass is 35.5. The van der Waals surface area contributed by atoms with Crippen LogP contribution in [0.15, 0.2) is 36.4 Å². The van der Waals surface area contributed by atoms with Gasteiger partial charge in [-0.3, -0.25) is 0 Å². The van der Waals surface area contributed by atoms with E-state index in [1.165, 1.54) is 18.2 Å². The van der Waals surface area contributed by atoms with Crippen molar-refractivity contribution in [3.05, 3.63) is 63.4 Å². The summed E-state index contributed by atoms with van der Waals surface area (Å²) in [5.41, 5.74) is 0.979. The van der Waals surface area contributed by atoms with Crippen molar-refractivity contribution in [2.75, 3.05) is 0 Å². The molecule has 2 nitrogen and oxygen atoms in total. The molecule has 0 heterocycles. The third-order valence-electron chi connectivity index (χ3n) is 2.46. The number of nitrogens with zero attached hydrogens (tertiary/aromatic N) is 1. The Labute approximate surface area is 119 Å². The van der Waals surface area contributed by atoms with Gasteiger partial charge in [0, 0.05) is 10.6 Å². The van der Waals surface area contributed by atoms with Crippen LogP contribution in [0, 0.1) is 17.1 Å². The molecule has 0 radical (unpaired) electrons. The Morgan fingerprint density at radius 2 is 1.95 bits per heavy atom. The molecular weight excluding hydrogens is 288 g/mol. The summed E-state index contributed by atoms with van der Waals surface area (Å²) in [5, 5.41) is 9.71. The van der Waals surface area contributed by atoms with Crippen LogP contribution in [0.2, 0.25) is 10.0 Å². The standard InChI is InChI=1S/C14H8Cl2FNO/c15-11-2-4-14(10(5-11)7-18)19-8-9-1-3-12(17)6-13(9)16/h1-6H,8H2. The first-order valence-electron chi connectivity index (χ1n) is 5.36. The van der Waals surface area contributed by atoms with Crippen molar-refractivity contribution in [3.8, 4) is 11.8 Å². The number of rotatable bonds is 3. The molecule has 0 spiro atoms. The first-order chi connectivity index (χ1) is 9.10. The molecule has 0 saturated heterocycles. The molecule has 0 unspecified atom stereocenters. The summed E-state index contributed by atoms with van der Waals surface area (Å²) in [6, 6.07) is 10.8. The van der Waals surface area contributed by atoms with Crippen molar-refractivity contribution in [2.24, 2.45) is 0 Å². The van der Waals surface area contributed by atoms with Gasteiger partial charge in [-0.15, -0.1) is 0 Å². The van der Waals surface area contributed by atoms with Crippen molar-refractivity contribution in [3.63, 3.8) is 0 Å². The van der Waals surface area contributed by atoms with Crippen molar-refractivity contribution < 1.29 is 9.13 Å². The van der Waals surface area contributed by atoms with Crippen molar-refractivity contribution >= 4 is 23.2 Å². The van der Waals surface area contributed by atoms with Crippen molar-refractivity contribution in [1.82, 2.24) is 0 Å². The third-order valence-corrected chi connectivity index (χ3v) is 3.05. The molecule has 0 amide bonds. The smallest absolute Gasteiger partial charge is 0.137 e. The minimum atomic E-state index is -0.405. The lowest BCUT2D eigenvalue weighted by Crippen LogP contribution is -1.98. The van der Waals surface area contributed by atoms with E-state index in [-0.39, 0.29) is 11.6 Å². The van der Waals surface area contributed by atoms with Crippen LogP contribution >= 0.6 is 23.2 Å². The van der Waals surface area contributed by atoms with E-state index in [1.807, 2.05) is 6.07 Å². The molecule has 0 N–H and O–H groups in total. The molecule has 96 valence electrons. The van der Waals surface area contributed by atoms with Crippen LogP contribution in [0.25, 0.3) is 0 Å². The van der Waals surface area contributed by atoms with E-state index in [2.05, 4.69) is 0 Å². The van der Waals surface area contributed by atoms with E-state index in [0.717, 1.165) is 0 Å². The lowest BCUT2D eigenvalue weighted by Gasteiger charge is -2.09. The van der Waals surface area contributed by atoms with Gasteiger partial charge >= 0.3 is 0 Å². The quantitative estimate of drug-likeness (QED) is 0.830. The molecule has 0 fully saturated rings. The fourth-order valence-corrected chi connectivity index (χ4v) is 1.90. The summed E-state index contributed by atoms with van der Waals surface area (Å²) in [6.45, 7) is 0.148. The van der Waals surface area contributed by atoms with E-state index in [4.69, 9.17) is 33.2 Å². The summed E-state index contributed by atoms with van der Waals surface area (Å²) >= 11 is 11.7. The number of hydrogen-bond acceptors (Lipinski definition) is 2. The molecular formula is C14H8Cl2FNO. The summed E-state index contributed by atoms with van der Waals surface area (Å²) < 4.78 is 18.4. The molecule has 2 rings (SSSR count). The number of nitriles is 1. The largest absolute Gasteiger partial charge is 0.487 e. The molecule has 5 heteroatoms. The Morgan fingerprint density at radius 1 is 1.16 bits per heavy atom. The highest BCUT2D eigenvalue weighted by molar-refractivity contribution is 6.31. The van der Waals surface area contributed by atoms with Gasteiger partial charge in [-0.1, -0.05) is 29.3 Å². The van der Waals surface area contributed by atoms with Gasteiger partial charge in [0.15, 0.2) is 0 Å². The Balaban J connectivity index is 2.17. The zero-order chi connectivity index (χ0) is 13.8. The zero-order valence-electron chi connectivity index (χ0n) is 9.66. The summed E-state index contributed by atoms with van der Waals surface area (Å²) in [4.78, 5) is 0. The molecule has 0 bridgehead atoms. The number of ether oxygens (including phenoxy) is 1. The monoisotopic (exact) mass is 295 g/mol. The van der Waals surface area contributed by atoms with Gasteiger partial charge in [0.25, 0.3) is 0 Å². The summed E-state index contributed by atoms with van der Waals surface area (Å²) in [5.74, 6) is 0.00486. The van der Waals surface area contributed by atoms with E-state index in [0.29, 0.717) is 21.9 Å². The average molecular weight is 296 g/mol. The van der Waals surface area contributed by atoms with E-state index >= 15 is 0 Å². The highest BCUT2D eigenvalue weighted by Crippen LogP contribution is 2.24. The minimum Gasteiger partial charge on any atom is -0.487 e. The predicted molar refractivity (Wildman–Crippen MR) is 71.9 cm³/mol. The normalized spacial score (nSPS) is 10.0. The first-order valence-corrected chi connectivity index (χ1v) is 6.12. The maximum absolute atomic E-state index is 12.9. The van der Waals surface area contributed by atoms with Crippen LogP contribution < -0.4 is 4.74 Å². The van der Waals surface area contributed by atoms with Crippen LogP contribution in [-0.2, 0) is 6.61 Å². The zero-order valence-corrected chi connectivity index (χ0v) is 11.2.